The average molecular weight is 386 g/mol. The molecule has 1 aromatic heterocycles. The van der Waals surface area contributed by atoms with Crippen molar-refractivity contribution in [1.82, 2.24) is 4.90 Å². The fraction of sp³-hybridized carbons (Fsp3) is 0.667. The Balaban J connectivity index is 0.00000242. The Hall–Kier alpha value is -0.000000000000000167. The minimum atomic E-state index is -0.00188. The molecule has 2 rings (SSSR count). The maximum absolute atomic E-state index is 12.3. The Morgan fingerprint density at radius 3 is 2.73 bits per heavy atom. The van der Waals surface area contributed by atoms with Gasteiger partial charge in [0.25, 0.3) is 0 Å². The highest BCUT2D eigenvalue weighted by Gasteiger charge is 2.34. The quantitative estimate of drug-likeness (QED) is 0.835. The molecule has 0 spiro atoms. The molecule has 1 aliphatic heterocycles. The summed E-state index contributed by atoms with van der Waals surface area (Å²) in [5.41, 5.74) is 7.15. The summed E-state index contributed by atoms with van der Waals surface area (Å²) in [6.07, 6.45) is 3.03. The molecule has 1 aromatic rings. The van der Waals surface area contributed by atoms with Gasteiger partial charge in [-0.05, 0) is 36.3 Å². The summed E-state index contributed by atoms with van der Waals surface area (Å²) >= 11 is 13.4. The van der Waals surface area contributed by atoms with Gasteiger partial charge in [-0.25, -0.2) is 0 Å². The zero-order valence-corrected chi connectivity index (χ0v) is 16.0. The Morgan fingerprint density at radius 2 is 2.18 bits per heavy atom. The Labute approximate surface area is 152 Å². The number of piperidine rings is 1. The van der Waals surface area contributed by atoms with Crippen LogP contribution in [0.15, 0.2) is 6.07 Å². The largest absolute Gasteiger partial charge is 0.342 e. The molecule has 1 aliphatic rings. The number of aryl methyl sites for hydroxylation is 1. The number of thiophene rings is 1. The second kappa shape index (κ2) is 8.20. The third kappa shape index (κ3) is 5.00. The molecule has 1 saturated heterocycles. The summed E-state index contributed by atoms with van der Waals surface area (Å²) in [6.45, 7) is 5.78. The van der Waals surface area contributed by atoms with Gasteiger partial charge in [-0.15, -0.1) is 23.7 Å². The smallest absolute Gasteiger partial charge is 0.222 e. The van der Waals surface area contributed by atoms with Crippen LogP contribution in [0.1, 0.15) is 38.7 Å². The van der Waals surface area contributed by atoms with E-state index in [4.69, 9.17) is 28.9 Å². The summed E-state index contributed by atoms with van der Waals surface area (Å²) < 4.78 is 1.44. The lowest BCUT2D eigenvalue weighted by Gasteiger charge is -2.42. The summed E-state index contributed by atoms with van der Waals surface area (Å²) in [5, 5.41) is 0. The summed E-state index contributed by atoms with van der Waals surface area (Å²) in [7, 11) is 0. The topological polar surface area (TPSA) is 46.3 Å². The third-order valence-electron chi connectivity index (χ3n) is 4.23. The molecule has 0 aliphatic carbocycles. The number of nitrogens with zero attached hydrogens (tertiary/aromatic N) is 1. The first kappa shape index (κ1) is 20.0. The van der Waals surface area contributed by atoms with Crippen LogP contribution in [0, 0.1) is 5.41 Å². The highest BCUT2D eigenvalue weighted by atomic mass is 35.5. The lowest BCUT2D eigenvalue weighted by molar-refractivity contribution is -0.134. The van der Waals surface area contributed by atoms with Crippen LogP contribution < -0.4 is 5.73 Å². The van der Waals surface area contributed by atoms with Crippen molar-refractivity contribution in [3.63, 3.8) is 0 Å². The van der Waals surface area contributed by atoms with E-state index in [0.717, 1.165) is 42.3 Å². The van der Waals surface area contributed by atoms with Gasteiger partial charge < -0.3 is 10.6 Å². The Bertz CT molecular complexity index is 519. The number of hydrogen-bond acceptors (Lipinski definition) is 3. The predicted molar refractivity (Wildman–Crippen MR) is 97.5 cm³/mol. The lowest BCUT2D eigenvalue weighted by atomic mass is 9.79. The zero-order chi connectivity index (χ0) is 15.6. The van der Waals surface area contributed by atoms with Crippen molar-refractivity contribution in [3.8, 4) is 0 Å². The summed E-state index contributed by atoms with van der Waals surface area (Å²) in [6, 6.07) is 2.07. The van der Waals surface area contributed by atoms with E-state index in [1.54, 1.807) is 0 Å². The van der Waals surface area contributed by atoms with Crippen LogP contribution in [-0.2, 0) is 11.2 Å². The molecule has 0 bridgehead atoms. The highest BCUT2D eigenvalue weighted by Crippen LogP contribution is 2.32. The number of carbonyl (C=O) groups excluding carboxylic acids is 1. The molecule has 3 nitrogen and oxygen atoms in total. The Morgan fingerprint density at radius 1 is 1.50 bits per heavy atom. The molecule has 1 unspecified atom stereocenters. The predicted octanol–water partition coefficient (Wildman–Crippen LogP) is 4.39. The molecule has 2 heterocycles. The number of nitrogens with two attached hydrogens (primary N) is 1. The van der Waals surface area contributed by atoms with Crippen LogP contribution in [0.3, 0.4) is 0 Å². The standard InChI is InChI=1S/C15H22Cl2N2OS.ClH/c1-15(2)9-19(7-6-11(15)18)13(20)5-3-4-10-8-12(16)21-14(10)17;/h8,11H,3-7,9,18H2,1-2H3;1H. The van der Waals surface area contributed by atoms with Crippen LogP contribution in [0.2, 0.25) is 8.67 Å². The van der Waals surface area contributed by atoms with Crippen molar-refractivity contribution in [3.05, 3.63) is 20.3 Å². The van der Waals surface area contributed by atoms with Gasteiger partial charge in [-0.3, -0.25) is 4.79 Å². The molecule has 22 heavy (non-hydrogen) atoms. The van der Waals surface area contributed by atoms with E-state index >= 15 is 0 Å². The fourth-order valence-electron chi connectivity index (χ4n) is 2.72. The first-order chi connectivity index (χ1) is 9.79. The third-order valence-corrected chi connectivity index (χ3v) is 5.80. The monoisotopic (exact) mass is 384 g/mol. The number of amides is 1. The van der Waals surface area contributed by atoms with Gasteiger partial charge in [-0.2, -0.15) is 0 Å². The van der Waals surface area contributed by atoms with Crippen LogP contribution in [0.4, 0.5) is 0 Å². The van der Waals surface area contributed by atoms with Crippen LogP contribution in [0.5, 0.6) is 0 Å². The SMILES string of the molecule is CC1(C)CN(C(=O)CCCc2cc(Cl)sc2Cl)CCC1N.Cl. The van der Waals surface area contributed by atoms with E-state index in [1.807, 2.05) is 11.0 Å². The maximum Gasteiger partial charge on any atom is 0.222 e. The van der Waals surface area contributed by atoms with Gasteiger partial charge in [0.1, 0.15) is 0 Å². The van der Waals surface area contributed by atoms with Crippen molar-refractivity contribution in [2.45, 2.75) is 45.6 Å². The first-order valence-electron chi connectivity index (χ1n) is 7.26. The summed E-state index contributed by atoms with van der Waals surface area (Å²) in [5.74, 6) is 0.215. The van der Waals surface area contributed by atoms with E-state index in [9.17, 15) is 4.79 Å². The normalized spacial score (nSPS) is 20.6. The van der Waals surface area contributed by atoms with Crippen LogP contribution >= 0.6 is 46.9 Å². The van der Waals surface area contributed by atoms with Crippen molar-refractivity contribution in [2.75, 3.05) is 13.1 Å². The van der Waals surface area contributed by atoms with Crippen molar-refractivity contribution in [2.24, 2.45) is 11.1 Å². The van der Waals surface area contributed by atoms with E-state index < -0.39 is 0 Å². The van der Waals surface area contributed by atoms with Crippen molar-refractivity contribution in [1.29, 1.82) is 0 Å². The molecule has 0 saturated carbocycles. The zero-order valence-electron chi connectivity index (χ0n) is 12.9. The van der Waals surface area contributed by atoms with Gasteiger partial charge in [0.15, 0.2) is 0 Å². The van der Waals surface area contributed by atoms with Gasteiger partial charge >= 0.3 is 0 Å². The van der Waals surface area contributed by atoms with E-state index in [1.165, 1.54) is 11.3 Å². The van der Waals surface area contributed by atoms with Gasteiger partial charge in [-0.1, -0.05) is 37.0 Å². The fourth-order valence-corrected chi connectivity index (χ4v) is 4.26. The molecule has 0 radical (unpaired) electrons. The van der Waals surface area contributed by atoms with Crippen molar-refractivity contribution >= 4 is 52.9 Å². The van der Waals surface area contributed by atoms with E-state index in [0.29, 0.717) is 10.8 Å². The van der Waals surface area contributed by atoms with Crippen LogP contribution in [-0.4, -0.2) is 29.9 Å². The lowest BCUT2D eigenvalue weighted by Crippen LogP contribution is -2.53. The minimum absolute atomic E-state index is 0. The molecule has 1 atom stereocenters. The summed E-state index contributed by atoms with van der Waals surface area (Å²) in [4.78, 5) is 14.3. The van der Waals surface area contributed by atoms with Gasteiger partial charge in [0, 0.05) is 25.6 Å². The maximum atomic E-state index is 12.3. The molecule has 1 fully saturated rings. The molecular weight excluding hydrogens is 363 g/mol. The highest BCUT2D eigenvalue weighted by molar-refractivity contribution is 7.20. The van der Waals surface area contributed by atoms with Gasteiger partial charge in [0.05, 0.1) is 8.67 Å². The van der Waals surface area contributed by atoms with Gasteiger partial charge in [0.2, 0.25) is 5.91 Å². The molecule has 7 heteroatoms. The number of carbonyl (C=O) groups is 1. The van der Waals surface area contributed by atoms with E-state index in [-0.39, 0.29) is 29.8 Å². The van der Waals surface area contributed by atoms with Crippen molar-refractivity contribution < 1.29 is 4.79 Å². The average Bonchev–Trinajstić information content (AvgIpc) is 2.71. The first-order valence-corrected chi connectivity index (χ1v) is 8.84. The number of hydrogen-bond donors (Lipinski definition) is 1. The molecule has 1 amide bonds. The molecule has 126 valence electrons. The molecular formula is C15H23Cl3N2OS. The minimum Gasteiger partial charge on any atom is -0.342 e. The number of rotatable bonds is 4. The molecule has 2 N–H and O–H groups in total. The second-order valence-corrected chi connectivity index (χ2v) is 8.69. The number of halogens is 3. The van der Waals surface area contributed by atoms with Crippen LogP contribution in [0.25, 0.3) is 0 Å². The number of likely N-dealkylation sites (tertiary alicyclic amines) is 1. The second-order valence-electron chi connectivity index (χ2n) is 6.40. The molecule has 0 aromatic carbocycles. The Kier molecular flexibility index (Phi) is 7.47. The van der Waals surface area contributed by atoms with E-state index in [2.05, 4.69) is 13.8 Å².